The van der Waals surface area contributed by atoms with Crippen LogP contribution in [0.3, 0.4) is 0 Å². The quantitative estimate of drug-likeness (QED) is 0.818. The Bertz CT molecular complexity index is 594. The maximum Gasteiger partial charge on any atom is 0.134 e. The Morgan fingerprint density at radius 2 is 2.11 bits per heavy atom. The van der Waals surface area contributed by atoms with Crippen LogP contribution in [0, 0.1) is 6.92 Å². The number of benzene rings is 1. The van der Waals surface area contributed by atoms with E-state index < -0.39 is 0 Å². The molecule has 0 spiro atoms. The highest BCUT2D eigenvalue weighted by atomic mass is 16.3. The Kier molecular flexibility index (Phi) is 2.96. The maximum atomic E-state index is 6.06. The van der Waals surface area contributed by atoms with Crippen LogP contribution in [0.1, 0.15) is 37.0 Å². The first-order chi connectivity index (χ1) is 8.72. The molecule has 2 heteroatoms. The van der Waals surface area contributed by atoms with E-state index in [4.69, 9.17) is 10.2 Å². The van der Waals surface area contributed by atoms with Crippen LogP contribution in [-0.2, 0) is 0 Å². The second kappa shape index (κ2) is 4.62. The summed E-state index contributed by atoms with van der Waals surface area (Å²) in [7, 11) is 0. The molecule has 1 atom stereocenters. The molecule has 0 bridgehead atoms. The highest BCUT2D eigenvalue weighted by Crippen LogP contribution is 2.30. The van der Waals surface area contributed by atoms with Crippen LogP contribution < -0.4 is 5.73 Å². The highest BCUT2D eigenvalue weighted by Gasteiger charge is 2.13. The van der Waals surface area contributed by atoms with Crippen molar-refractivity contribution >= 4 is 16.5 Å². The molecule has 1 aliphatic carbocycles. The van der Waals surface area contributed by atoms with Crippen molar-refractivity contribution in [1.82, 2.24) is 0 Å². The number of nitrogens with two attached hydrogens (primary N) is 1. The molecule has 3 rings (SSSR count). The van der Waals surface area contributed by atoms with Gasteiger partial charge in [0.05, 0.1) is 0 Å². The fourth-order valence-electron chi connectivity index (χ4n) is 2.65. The molecule has 1 aromatic heterocycles. The molecule has 1 aromatic carbocycles. The zero-order valence-electron chi connectivity index (χ0n) is 10.8. The van der Waals surface area contributed by atoms with Crippen LogP contribution in [0.25, 0.3) is 16.5 Å². The lowest BCUT2D eigenvalue weighted by Gasteiger charge is -2.03. The third-order valence-electron chi connectivity index (χ3n) is 3.64. The summed E-state index contributed by atoms with van der Waals surface area (Å²) in [6.45, 7) is 2.10. The maximum absolute atomic E-state index is 6.06. The zero-order valence-corrected chi connectivity index (χ0v) is 10.8. The Morgan fingerprint density at radius 1 is 1.22 bits per heavy atom. The van der Waals surface area contributed by atoms with Crippen LogP contribution in [0.2, 0.25) is 0 Å². The third kappa shape index (κ3) is 2.21. The number of rotatable bonds is 1. The molecule has 1 aliphatic rings. The van der Waals surface area contributed by atoms with Gasteiger partial charge < -0.3 is 10.2 Å². The van der Waals surface area contributed by atoms with Gasteiger partial charge in [0, 0.05) is 11.4 Å². The molecule has 94 valence electrons. The number of aryl methyl sites for hydroxylation is 1. The first kappa shape index (κ1) is 11.5. The molecule has 0 aliphatic heterocycles. The summed E-state index contributed by atoms with van der Waals surface area (Å²) in [6, 6.07) is 8.62. The van der Waals surface area contributed by atoms with Gasteiger partial charge in [-0.1, -0.05) is 24.1 Å². The van der Waals surface area contributed by atoms with Gasteiger partial charge in [-0.05, 0) is 50.0 Å². The van der Waals surface area contributed by atoms with Gasteiger partial charge in [-0.15, -0.1) is 0 Å². The van der Waals surface area contributed by atoms with Crippen molar-refractivity contribution in [1.29, 1.82) is 0 Å². The second-order valence-electron chi connectivity index (χ2n) is 5.25. The van der Waals surface area contributed by atoms with Crippen molar-refractivity contribution in [2.75, 3.05) is 0 Å². The molecule has 1 unspecified atom stereocenters. The average Bonchev–Trinajstić information content (AvgIpc) is 2.63. The lowest BCUT2D eigenvalue weighted by atomic mass is 10.1. The van der Waals surface area contributed by atoms with Crippen molar-refractivity contribution in [3.63, 3.8) is 0 Å². The summed E-state index contributed by atoms with van der Waals surface area (Å²) in [5.74, 6) is 0.993. The summed E-state index contributed by atoms with van der Waals surface area (Å²) in [5.41, 5.74) is 9.57. The van der Waals surface area contributed by atoms with E-state index in [0.717, 1.165) is 24.2 Å². The van der Waals surface area contributed by atoms with Gasteiger partial charge in [-0.3, -0.25) is 0 Å². The van der Waals surface area contributed by atoms with Crippen LogP contribution >= 0.6 is 0 Å². The van der Waals surface area contributed by atoms with Gasteiger partial charge in [0.2, 0.25) is 0 Å². The monoisotopic (exact) mass is 241 g/mol. The molecule has 0 saturated heterocycles. The number of furan rings is 1. The van der Waals surface area contributed by atoms with Gasteiger partial charge in [-0.2, -0.15) is 0 Å². The molecule has 1 heterocycles. The Labute approximate surface area is 107 Å². The molecule has 0 saturated carbocycles. The molecule has 2 aromatic rings. The fourth-order valence-corrected chi connectivity index (χ4v) is 2.65. The Morgan fingerprint density at radius 3 is 3.00 bits per heavy atom. The normalized spacial score (nSPS) is 20.8. The van der Waals surface area contributed by atoms with Gasteiger partial charge in [0.1, 0.15) is 11.3 Å². The third-order valence-corrected chi connectivity index (χ3v) is 3.64. The molecule has 18 heavy (non-hydrogen) atoms. The van der Waals surface area contributed by atoms with E-state index >= 15 is 0 Å². The average molecular weight is 241 g/mol. The zero-order chi connectivity index (χ0) is 12.5. The topological polar surface area (TPSA) is 39.2 Å². The van der Waals surface area contributed by atoms with E-state index in [2.05, 4.69) is 31.2 Å². The minimum Gasteiger partial charge on any atom is -0.456 e. The van der Waals surface area contributed by atoms with Crippen molar-refractivity contribution in [2.24, 2.45) is 5.73 Å². The summed E-state index contributed by atoms with van der Waals surface area (Å²) in [5, 5.41) is 1.18. The smallest absolute Gasteiger partial charge is 0.134 e. The minimum atomic E-state index is 0.178. The van der Waals surface area contributed by atoms with Crippen LogP contribution in [0.5, 0.6) is 0 Å². The molecular formula is C16H19NO. The van der Waals surface area contributed by atoms with E-state index in [9.17, 15) is 0 Å². The first-order valence-corrected chi connectivity index (χ1v) is 6.69. The van der Waals surface area contributed by atoms with E-state index in [-0.39, 0.29) is 6.04 Å². The number of hydrogen-bond donors (Lipinski definition) is 1. The van der Waals surface area contributed by atoms with Crippen LogP contribution in [0.4, 0.5) is 0 Å². The minimum absolute atomic E-state index is 0.178. The van der Waals surface area contributed by atoms with Crippen LogP contribution in [0.15, 0.2) is 34.8 Å². The fraction of sp³-hybridized carbons (Fsp3) is 0.375. The van der Waals surface area contributed by atoms with Crippen molar-refractivity contribution in [3.05, 3.63) is 41.7 Å². The van der Waals surface area contributed by atoms with Gasteiger partial charge in [0.15, 0.2) is 0 Å². The number of allylic oxidation sites excluding steroid dienone is 1. The van der Waals surface area contributed by atoms with Crippen LogP contribution in [-0.4, -0.2) is 6.04 Å². The molecule has 0 radical (unpaired) electrons. The van der Waals surface area contributed by atoms with Crippen molar-refractivity contribution in [3.8, 4) is 0 Å². The Balaban J connectivity index is 2.03. The van der Waals surface area contributed by atoms with Gasteiger partial charge in [-0.25, -0.2) is 0 Å². The van der Waals surface area contributed by atoms with Crippen molar-refractivity contribution < 1.29 is 4.42 Å². The lowest BCUT2D eigenvalue weighted by molar-refractivity contribution is 0.594. The number of hydrogen-bond acceptors (Lipinski definition) is 2. The Hall–Kier alpha value is -1.54. The predicted octanol–water partition coefficient (Wildman–Crippen LogP) is 4.03. The molecule has 0 fully saturated rings. The van der Waals surface area contributed by atoms with Gasteiger partial charge >= 0.3 is 0 Å². The first-order valence-electron chi connectivity index (χ1n) is 6.69. The highest BCUT2D eigenvalue weighted by molar-refractivity contribution is 5.82. The largest absolute Gasteiger partial charge is 0.456 e. The van der Waals surface area contributed by atoms with E-state index in [1.165, 1.54) is 29.4 Å². The molecule has 2 N–H and O–H groups in total. The summed E-state index contributed by atoms with van der Waals surface area (Å²) in [6.07, 6.45) is 6.75. The van der Waals surface area contributed by atoms with E-state index in [1.54, 1.807) is 0 Å². The summed E-state index contributed by atoms with van der Waals surface area (Å²) >= 11 is 0. The van der Waals surface area contributed by atoms with E-state index in [0.29, 0.717) is 0 Å². The summed E-state index contributed by atoms with van der Waals surface area (Å²) < 4.78 is 5.94. The predicted molar refractivity (Wildman–Crippen MR) is 75.4 cm³/mol. The standard InChI is InChI=1S/C16H19NO/c1-11-6-7-15-13(8-11)10-16(18-15)12-4-2-3-5-14(17)9-12/h6-10,14H,2-5,17H2,1H3. The van der Waals surface area contributed by atoms with Crippen molar-refractivity contribution in [2.45, 2.75) is 38.6 Å². The molecular weight excluding hydrogens is 222 g/mol. The lowest BCUT2D eigenvalue weighted by Crippen LogP contribution is -2.15. The molecule has 0 amide bonds. The van der Waals surface area contributed by atoms with Gasteiger partial charge in [0.25, 0.3) is 0 Å². The molecule has 2 nitrogen and oxygen atoms in total. The SMILES string of the molecule is Cc1ccc2oc(C3=CC(N)CCCC3)cc2c1. The number of fused-ring (bicyclic) bond motifs is 1. The van der Waals surface area contributed by atoms with E-state index in [1.807, 2.05) is 6.07 Å². The summed E-state index contributed by atoms with van der Waals surface area (Å²) in [4.78, 5) is 0. The second-order valence-corrected chi connectivity index (χ2v) is 5.25.